The smallest absolute Gasteiger partial charge is 0.256 e. The zero-order valence-electron chi connectivity index (χ0n) is 14.3. The second kappa shape index (κ2) is 7.03. The Kier molecular flexibility index (Phi) is 4.58. The zero-order valence-corrected chi connectivity index (χ0v) is 15.1. The van der Waals surface area contributed by atoms with Crippen molar-refractivity contribution in [2.75, 3.05) is 19.3 Å². The number of halogens is 1. The van der Waals surface area contributed by atoms with Crippen molar-refractivity contribution >= 4 is 28.7 Å². The number of amides is 1. The molecule has 1 fully saturated rings. The molecule has 1 amide bonds. The van der Waals surface area contributed by atoms with Gasteiger partial charge in [-0.2, -0.15) is 0 Å². The first-order chi connectivity index (χ1) is 12.6. The van der Waals surface area contributed by atoms with E-state index in [0.717, 1.165) is 24.2 Å². The van der Waals surface area contributed by atoms with Crippen molar-refractivity contribution in [2.24, 2.45) is 0 Å². The molecule has 3 aromatic rings. The summed E-state index contributed by atoms with van der Waals surface area (Å²) >= 11 is 1.44. The van der Waals surface area contributed by atoms with Gasteiger partial charge in [0.15, 0.2) is 5.16 Å². The van der Waals surface area contributed by atoms with Gasteiger partial charge < -0.3 is 9.88 Å². The van der Waals surface area contributed by atoms with Gasteiger partial charge >= 0.3 is 0 Å². The van der Waals surface area contributed by atoms with Crippen molar-refractivity contribution < 1.29 is 9.18 Å². The summed E-state index contributed by atoms with van der Waals surface area (Å²) in [6.45, 7) is 1.30. The number of likely N-dealkylation sites (tertiary alicyclic amines) is 1. The Morgan fingerprint density at radius 2 is 2.00 bits per heavy atom. The molecule has 1 aliphatic rings. The van der Waals surface area contributed by atoms with E-state index in [2.05, 4.69) is 19.9 Å². The Morgan fingerprint density at radius 3 is 2.69 bits per heavy atom. The van der Waals surface area contributed by atoms with Crippen LogP contribution in [0, 0.1) is 5.82 Å². The maximum atomic E-state index is 13.3. The van der Waals surface area contributed by atoms with Crippen molar-refractivity contribution in [3.8, 4) is 0 Å². The summed E-state index contributed by atoms with van der Waals surface area (Å²) in [6, 6.07) is 4.56. The van der Waals surface area contributed by atoms with Crippen LogP contribution in [0.5, 0.6) is 0 Å². The molecule has 3 heterocycles. The number of rotatable bonds is 3. The van der Waals surface area contributed by atoms with Crippen molar-refractivity contribution in [1.82, 2.24) is 24.8 Å². The third kappa shape index (κ3) is 3.29. The molecule has 1 saturated heterocycles. The molecule has 0 unspecified atom stereocenters. The third-order valence-electron chi connectivity index (χ3n) is 4.69. The molecular formula is C18H18FN5OS. The van der Waals surface area contributed by atoms with Crippen LogP contribution in [-0.2, 0) is 0 Å². The standard InChI is InChI=1S/C18H18FN5OS/c1-26-18-20-9-12(10-21-18)17(25)24-6-4-11(5-7-24)16-22-14-3-2-13(19)8-15(14)23-16/h2-3,8-11H,4-7H2,1H3,(H,22,23). The van der Waals surface area contributed by atoms with Gasteiger partial charge in [0.2, 0.25) is 0 Å². The van der Waals surface area contributed by atoms with Crippen LogP contribution < -0.4 is 0 Å². The van der Waals surface area contributed by atoms with Gasteiger partial charge in [-0.05, 0) is 37.3 Å². The van der Waals surface area contributed by atoms with Gasteiger partial charge in [0.1, 0.15) is 11.6 Å². The van der Waals surface area contributed by atoms with E-state index in [-0.39, 0.29) is 17.6 Å². The second-order valence-electron chi connectivity index (χ2n) is 6.31. The number of carbonyl (C=O) groups is 1. The minimum Gasteiger partial charge on any atom is -0.342 e. The average Bonchev–Trinajstić information content (AvgIpc) is 3.11. The molecule has 0 radical (unpaired) electrons. The fourth-order valence-corrected chi connectivity index (χ4v) is 3.58. The number of nitrogens with one attached hydrogen (secondary N) is 1. The number of imidazole rings is 1. The van der Waals surface area contributed by atoms with Gasteiger partial charge in [0.05, 0.1) is 16.6 Å². The van der Waals surface area contributed by atoms with Gasteiger partial charge in [-0.1, -0.05) is 11.8 Å². The van der Waals surface area contributed by atoms with Gasteiger partial charge in [0, 0.05) is 31.4 Å². The van der Waals surface area contributed by atoms with Gasteiger partial charge in [0.25, 0.3) is 5.91 Å². The number of benzene rings is 1. The molecule has 6 nitrogen and oxygen atoms in total. The highest BCUT2D eigenvalue weighted by molar-refractivity contribution is 7.98. The minimum atomic E-state index is -0.275. The first kappa shape index (κ1) is 17.0. The lowest BCUT2D eigenvalue weighted by atomic mass is 9.96. The second-order valence-corrected chi connectivity index (χ2v) is 7.08. The van der Waals surface area contributed by atoms with Gasteiger partial charge in [-0.15, -0.1) is 0 Å². The maximum Gasteiger partial charge on any atom is 0.256 e. The Morgan fingerprint density at radius 1 is 1.27 bits per heavy atom. The summed E-state index contributed by atoms with van der Waals surface area (Å²) in [4.78, 5) is 30.6. The lowest BCUT2D eigenvalue weighted by molar-refractivity contribution is 0.0710. The van der Waals surface area contributed by atoms with Gasteiger partial charge in [-0.25, -0.2) is 19.3 Å². The molecule has 0 saturated carbocycles. The minimum absolute atomic E-state index is 0.0391. The van der Waals surface area contributed by atoms with E-state index in [1.54, 1.807) is 18.5 Å². The molecular weight excluding hydrogens is 353 g/mol. The lowest BCUT2D eigenvalue weighted by Crippen LogP contribution is -2.38. The van der Waals surface area contributed by atoms with Crippen molar-refractivity contribution in [3.05, 3.63) is 47.8 Å². The summed E-state index contributed by atoms with van der Waals surface area (Å²) in [6.07, 6.45) is 6.70. The van der Waals surface area contributed by atoms with Crippen LogP contribution in [0.4, 0.5) is 4.39 Å². The van der Waals surface area contributed by atoms with Crippen LogP contribution in [0.15, 0.2) is 35.7 Å². The average molecular weight is 371 g/mol. The molecule has 1 N–H and O–H groups in total. The molecule has 26 heavy (non-hydrogen) atoms. The van der Waals surface area contributed by atoms with Crippen LogP contribution in [-0.4, -0.2) is 50.1 Å². The number of fused-ring (bicyclic) bond motifs is 1. The van der Waals surface area contributed by atoms with E-state index in [0.29, 0.717) is 29.3 Å². The third-order valence-corrected chi connectivity index (χ3v) is 5.26. The highest BCUT2D eigenvalue weighted by Gasteiger charge is 2.26. The summed E-state index contributed by atoms with van der Waals surface area (Å²) in [5, 5.41) is 0.654. The largest absolute Gasteiger partial charge is 0.342 e. The molecule has 8 heteroatoms. The van der Waals surface area contributed by atoms with Crippen molar-refractivity contribution in [1.29, 1.82) is 0 Å². The number of nitrogens with zero attached hydrogens (tertiary/aromatic N) is 4. The molecule has 0 bridgehead atoms. The summed E-state index contributed by atoms with van der Waals surface area (Å²) in [7, 11) is 0. The Labute approximate surface area is 154 Å². The maximum absolute atomic E-state index is 13.3. The summed E-state index contributed by atoms with van der Waals surface area (Å²) < 4.78 is 13.3. The highest BCUT2D eigenvalue weighted by atomic mass is 32.2. The Balaban J connectivity index is 1.43. The van der Waals surface area contributed by atoms with E-state index in [1.807, 2.05) is 11.2 Å². The molecule has 134 valence electrons. The van der Waals surface area contributed by atoms with Crippen LogP contribution in [0.2, 0.25) is 0 Å². The van der Waals surface area contributed by atoms with Crippen molar-refractivity contribution in [3.63, 3.8) is 0 Å². The molecule has 1 aliphatic heterocycles. The van der Waals surface area contributed by atoms with E-state index in [1.165, 1.54) is 23.9 Å². The monoisotopic (exact) mass is 371 g/mol. The number of thioether (sulfide) groups is 1. The van der Waals surface area contributed by atoms with Crippen LogP contribution in [0.25, 0.3) is 11.0 Å². The quantitative estimate of drug-likeness (QED) is 0.565. The van der Waals surface area contributed by atoms with Gasteiger partial charge in [-0.3, -0.25) is 4.79 Å². The first-order valence-corrected chi connectivity index (χ1v) is 9.67. The van der Waals surface area contributed by atoms with E-state index >= 15 is 0 Å². The molecule has 0 aliphatic carbocycles. The zero-order chi connectivity index (χ0) is 18.1. The van der Waals surface area contributed by atoms with E-state index in [9.17, 15) is 9.18 Å². The van der Waals surface area contributed by atoms with Crippen molar-refractivity contribution in [2.45, 2.75) is 23.9 Å². The normalized spacial score (nSPS) is 15.5. The fraction of sp³-hybridized carbons (Fsp3) is 0.333. The van der Waals surface area contributed by atoms with Crippen LogP contribution in [0.1, 0.15) is 34.9 Å². The SMILES string of the molecule is CSc1ncc(C(=O)N2CCC(c3nc4ccc(F)cc4[nH]3)CC2)cn1. The predicted octanol–water partition coefficient (Wildman–Crippen LogP) is 3.23. The fourth-order valence-electron chi connectivity index (χ4n) is 3.27. The number of hydrogen-bond acceptors (Lipinski definition) is 5. The lowest BCUT2D eigenvalue weighted by Gasteiger charge is -2.31. The molecule has 0 spiro atoms. The molecule has 2 aromatic heterocycles. The highest BCUT2D eigenvalue weighted by Crippen LogP contribution is 2.28. The first-order valence-electron chi connectivity index (χ1n) is 8.44. The Bertz CT molecular complexity index is 934. The Hall–Kier alpha value is -2.48. The number of piperidine rings is 1. The van der Waals surface area contributed by atoms with E-state index < -0.39 is 0 Å². The molecule has 1 aromatic carbocycles. The molecule has 4 rings (SSSR count). The number of H-pyrrole nitrogens is 1. The molecule has 0 atom stereocenters. The van der Waals surface area contributed by atoms with Crippen LogP contribution >= 0.6 is 11.8 Å². The predicted molar refractivity (Wildman–Crippen MR) is 97.7 cm³/mol. The number of hydrogen-bond donors (Lipinski definition) is 1. The number of aromatic nitrogens is 4. The number of aromatic amines is 1. The summed E-state index contributed by atoms with van der Waals surface area (Å²) in [5.41, 5.74) is 2.00. The number of carbonyl (C=O) groups excluding carboxylic acids is 1. The van der Waals surface area contributed by atoms with E-state index in [4.69, 9.17) is 0 Å². The summed E-state index contributed by atoms with van der Waals surface area (Å²) in [5.74, 6) is 0.792. The topological polar surface area (TPSA) is 74.8 Å². The van der Waals surface area contributed by atoms with Crippen LogP contribution in [0.3, 0.4) is 0 Å².